The van der Waals surface area contributed by atoms with Gasteiger partial charge < -0.3 is 15.5 Å². The third-order valence-corrected chi connectivity index (χ3v) is 11.9. The Morgan fingerprint density at radius 1 is 0.431 bits per heavy atom. The molecule has 0 saturated heterocycles. The summed E-state index contributed by atoms with van der Waals surface area (Å²) in [6, 6.07) is -0.551. The van der Waals surface area contributed by atoms with E-state index in [1.165, 1.54) is 173 Å². The number of allylic oxidation sites excluding steroid dienone is 8. The van der Waals surface area contributed by atoms with Crippen LogP contribution in [0.15, 0.2) is 48.6 Å². The Kier molecular flexibility index (Phi) is 48.3. The minimum atomic E-state index is -0.672. The van der Waals surface area contributed by atoms with Crippen molar-refractivity contribution in [1.82, 2.24) is 5.32 Å². The van der Waals surface area contributed by atoms with E-state index < -0.39 is 12.1 Å². The summed E-state index contributed by atoms with van der Waals surface area (Å²) in [5, 5.41) is 23.3. The fourth-order valence-corrected chi connectivity index (χ4v) is 7.94. The number of aliphatic hydroxyl groups is 2. The van der Waals surface area contributed by atoms with Gasteiger partial charge in [0.05, 0.1) is 18.8 Å². The Morgan fingerprint density at radius 3 is 1.14 bits per heavy atom. The molecule has 0 aliphatic carbocycles. The molecular weight excluding hydrogens is 711 g/mol. The molecular formula is C54H101NO3. The van der Waals surface area contributed by atoms with Crippen molar-refractivity contribution in [3.8, 4) is 0 Å². The molecule has 3 N–H and O–H groups in total. The molecule has 0 saturated carbocycles. The van der Waals surface area contributed by atoms with Crippen molar-refractivity contribution in [2.75, 3.05) is 6.61 Å². The summed E-state index contributed by atoms with van der Waals surface area (Å²) >= 11 is 0. The van der Waals surface area contributed by atoms with Gasteiger partial charge in [-0.15, -0.1) is 0 Å². The Labute approximate surface area is 363 Å². The first-order valence-corrected chi connectivity index (χ1v) is 25.8. The standard InChI is InChI=1S/C54H101NO3/c1-3-5-7-9-11-13-15-17-19-21-22-23-24-25-26-27-28-29-30-31-32-34-35-37-39-41-43-45-47-49-53(57)52(51-56)55-54(58)50-48-46-44-42-40-38-36-33-20-18-16-14-12-10-8-6-4-2/h6,8,12,14,18,20,36,38,52-53,56-57H,3-5,7,9-11,13,15-17,19,21-35,37,39-51H2,1-2H3,(H,55,58)/b8-6-,14-12-,20-18-,38-36-. The number of carbonyl (C=O) groups is 1. The van der Waals surface area contributed by atoms with Crippen LogP contribution in [0, 0.1) is 0 Å². The normalized spacial score (nSPS) is 13.2. The van der Waals surface area contributed by atoms with Crippen LogP contribution in [0.2, 0.25) is 0 Å². The second-order valence-corrected chi connectivity index (χ2v) is 17.6. The van der Waals surface area contributed by atoms with Crippen LogP contribution < -0.4 is 5.32 Å². The number of hydrogen-bond donors (Lipinski definition) is 3. The van der Waals surface area contributed by atoms with Gasteiger partial charge in [0.15, 0.2) is 0 Å². The summed E-state index contributed by atoms with van der Waals surface area (Å²) in [6.07, 6.45) is 68.0. The first-order chi connectivity index (χ1) is 28.7. The summed E-state index contributed by atoms with van der Waals surface area (Å²) < 4.78 is 0. The number of carbonyl (C=O) groups excluding carboxylic acids is 1. The number of rotatable bonds is 47. The molecule has 0 aromatic rings. The highest BCUT2D eigenvalue weighted by molar-refractivity contribution is 5.76. The van der Waals surface area contributed by atoms with Gasteiger partial charge in [0.1, 0.15) is 0 Å². The predicted molar refractivity (Wildman–Crippen MR) is 258 cm³/mol. The van der Waals surface area contributed by atoms with Crippen LogP contribution in [0.1, 0.15) is 271 Å². The van der Waals surface area contributed by atoms with E-state index in [0.29, 0.717) is 12.8 Å². The molecule has 0 aromatic carbocycles. The highest BCUT2D eigenvalue weighted by atomic mass is 16.3. The summed E-state index contributed by atoms with van der Waals surface area (Å²) in [6.45, 7) is 4.25. The average Bonchev–Trinajstić information content (AvgIpc) is 3.23. The molecule has 4 nitrogen and oxygen atoms in total. The molecule has 0 aromatic heterocycles. The van der Waals surface area contributed by atoms with Crippen molar-refractivity contribution in [3.63, 3.8) is 0 Å². The first kappa shape index (κ1) is 56.4. The molecule has 0 bridgehead atoms. The predicted octanol–water partition coefficient (Wildman–Crippen LogP) is 16.7. The molecule has 4 heteroatoms. The molecule has 0 aliphatic heterocycles. The molecule has 340 valence electrons. The van der Waals surface area contributed by atoms with Crippen molar-refractivity contribution >= 4 is 5.91 Å². The molecule has 58 heavy (non-hydrogen) atoms. The van der Waals surface area contributed by atoms with Crippen LogP contribution in [-0.2, 0) is 4.79 Å². The van der Waals surface area contributed by atoms with Crippen molar-refractivity contribution in [3.05, 3.63) is 48.6 Å². The summed E-state index contributed by atoms with van der Waals surface area (Å²) in [7, 11) is 0. The maximum atomic E-state index is 12.4. The van der Waals surface area contributed by atoms with Crippen molar-refractivity contribution in [1.29, 1.82) is 0 Å². The van der Waals surface area contributed by atoms with E-state index in [9.17, 15) is 15.0 Å². The lowest BCUT2D eigenvalue weighted by molar-refractivity contribution is -0.123. The first-order valence-electron chi connectivity index (χ1n) is 25.8. The Morgan fingerprint density at radius 2 is 0.759 bits per heavy atom. The van der Waals surface area contributed by atoms with Gasteiger partial charge in [0, 0.05) is 6.42 Å². The number of hydrogen-bond acceptors (Lipinski definition) is 3. The van der Waals surface area contributed by atoms with E-state index in [2.05, 4.69) is 67.8 Å². The largest absolute Gasteiger partial charge is 0.394 e. The Hall–Kier alpha value is -1.65. The van der Waals surface area contributed by atoms with Gasteiger partial charge in [-0.1, -0.05) is 262 Å². The monoisotopic (exact) mass is 812 g/mol. The second kappa shape index (κ2) is 49.7. The van der Waals surface area contributed by atoms with Gasteiger partial charge in [-0.25, -0.2) is 0 Å². The van der Waals surface area contributed by atoms with E-state index >= 15 is 0 Å². The van der Waals surface area contributed by atoms with Crippen molar-refractivity contribution < 1.29 is 15.0 Å². The van der Waals surface area contributed by atoms with Gasteiger partial charge in [-0.05, 0) is 51.4 Å². The third kappa shape index (κ3) is 45.4. The molecule has 0 spiro atoms. The molecule has 0 heterocycles. The molecule has 1 amide bonds. The van der Waals surface area contributed by atoms with E-state index in [0.717, 1.165) is 70.6 Å². The molecule has 2 atom stereocenters. The number of aliphatic hydroxyl groups excluding tert-OH is 2. The van der Waals surface area contributed by atoms with E-state index in [-0.39, 0.29) is 12.5 Å². The Bertz CT molecular complexity index is 923. The third-order valence-electron chi connectivity index (χ3n) is 11.9. The van der Waals surface area contributed by atoms with Crippen molar-refractivity contribution in [2.24, 2.45) is 0 Å². The van der Waals surface area contributed by atoms with Gasteiger partial charge in [-0.3, -0.25) is 4.79 Å². The summed E-state index contributed by atoms with van der Waals surface area (Å²) in [5.41, 5.74) is 0. The SMILES string of the molecule is CC/C=C\C/C=C\C/C=C\C/C=C\CCCCCCC(=O)NC(CO)C(O)CCCCCCCCCCCCCCCCCCCCCCCCCCCCCCC. The zero-order valence-corrected chi connectivity index (χ0v) is 39.1. The molecule has 0 rings (SSSR count). The van der Waals surface area contributed by atoms with Crippen LogP contribution in [-0.4, -0.2) is 34.9 Å². The van der Waals surface area contributed by atoms with Gasteiger partial charge >= 0.3 is 0 Å². The van der Waals surface area contributed by atoms with Gasteiger partial charge in [-0.2, -0.15) is 0 Å². The number of unbranched alkanes of at least 4 members (excludes halogenated alkanes) is 32. The quantitative estimate of drug-likeness (QED) is 0.0423. The maximum Gasteiger partial charge on any atom is 0.220 e. The van der Waals surface area contributed by atoms with E-state index in [4.69, 9.17) is 0 Å². The maximum absolute atomic E-state index is 12.4. The van der Waals surface area contributed by atoms with E-state index in [1.807, 2.05) is 0 Å². The number of amides is 1. The summed E-state index contributed by atoms with van der Waals surface area (Å²) in [4.78, 5) is 12.4. The fraction of sp³-hybridized carbons (Fsp3) is 0.833. The number of nitrogens with one attached hydrogen (secondary N) is 1. The highest BCUT2D eigenvalue weighted by Crippen LogP contribution is 2.17. The minimum absolute atomic E-state index is 0.0531. The lowest BCUT2D eigenvalue weighted by atomic mass is 10.0. The van der Waals surface area contributed by atoms with Crippen LogP contribution >= 0.6 is 0 Å². The van der Waals surface area contributed by atoms with Crippen LogP contribution in [0.25, 0.3) is 0 Å². The zero-order chi connectivity index (χ0) is 42.1. The van der Waals surface area contributed by atoms with Crippen LogP contribution in [0.3, 0.4) is 0 Å². The molecule has 2 unspecified atom stereocenters. The topological polar surface area (TPSA) is 69.6 Å². The minimum Gasteiger partial charge on any atom is -0.394 e. The van der Waals surface area contributed by atoms with Crippen molar-refractivity contribution in [2.45, 2.75) is 283 Å². The second-order valence-electron chi connectivity index (χ2n) is 17.6. The molecule has 0 radical (unpaired) electrons. The van der Waals surface area contributed by atoms with Gasteiger partial charge in [0.25, 0.3) is 0 Å². The molecule has 0 aliphatic rings. The molecule has 0 fully saturated rings. The zero-order valence-electron chi connectivity index (χ0n) is 39.1. The summed E-state index contributed by atoms with van der Waals surface area (Å²) in [5.74, 6) is -0.0531. The van der Waals surface area contributed by atoms with E-state index in [1.54, 1.807) is 0 Å². The van der Waals surface area contributed by atoms with Crippen LogP contribution in [0.5, 0.6) is 0 Å². The fourth-order valence-electron chi connectivity index (χ4n) is 7.94. The lowest BCUT2D eigenvalue weighted by Crippen LogP contribution is -2.45. The van der Waals surface area contributed by atoms with Crippen LogP contribution in [0.4, 0.5) is 0 Å². The Balaban J connectivity index is 3.46. The van der Waals surface area contributed by atoms with Gasteiger partial charge in [0.2, 0.25) is 5.91 Å². The average molecular weight is 812 g/mol. The highest BCUT2D eigenvalue weighted by Gasteiger charge is 2.20. The smallest absolute Gasteiger partial charge is 0.220 e. The lowest BCUT2D eigenvalue weighted by Gasteiger charge is -2.22.